The van der Waals surface area contributed by atoms with Crippen LogP contribution in [0.15, 0.2) is 61.3 Å². The molecule has 7 nitrogen and oxygen atoms in total. The summed E-state index contributed by atoms with van der Waals surface area (Å²) in [6, 6.07) is 12.0. The molecule has 114 valence electrons. The SMILES string of the molecule is C=CN(c1ccc([N+](=O)[O-])cc1)N1C(=O)c2ccccc2C1=O. The van der Waals surface area contributed by atoms with Crippen molar-refractivity contribution in [1.82, 2.24) is 5.01 Å². The number of hydrazine groups is 1. The lowest BCUT2D eigenvalue weighted by molar-refractivity contribution is -0.384. The topological polar surface area (TPSA) is 83.8 Å². The quantitative estimate of drug-likeness (QED) is 0.492. The maximum Gasteiger partial charge on any atom is 0.281 e. The number of imide groups is 1. The highest BCUT2D eigenvalue weighted by molar-refractivity contribution is 6.22. The first-order valence-electron chi connectivity index (χ1n) is 6.68. The number of nitrogens with zero attached hydrogens (tertiary/aromatic N) is 3. The third-order valence-electron chi connectivity index (χ3n) is 3.49. The molecule has 1 heterocycles. The number of hydrogen-bond acceptors (Lipinski definition) is 5. The Balaban J connectivity index is 1.99. The summed E-state index contributed by atoms with van der Waals surface area (Å²) in [5.41, 5.74) is 0.956. The highest BCUT2D eigenvalue weighted by atomic mass is 16.6. The average molecular weight is 309 g/mol. The second-order valence-corrected chi connectivity index (χ2v) is 4.77. The maximum absolute atomic E-state index is 12.5. The zero-order valence-electron chi connectivity index (χ0n) is 11.9. The molecule has 0 fully saturated rings. The van der Waals surface area contributed by atoms with Gasteiger partial charge in [-0.2, -0.15) is 5.01 Å². The molecule has 2 amide bonds. The second-order valence-electron chi connectivity index (χ2n) is 4.77. The van der Waals surface area contributed by atoms with Crippen molar-refractivity contribution in [1.29, 1.82) is 0 Å². The Morgan fingerprint density at radius 1 is 1.00 bits per heavy atom. The minimum Gasteiger partial charge on any atom is -0.267 e. The summed E-state index contributed by atoms with van der Waals surface area (Å²) < 4.78 is 0. The molecule has 23 heavy (non-hydrogen) atoms. The molecule has 0 N–H and O–H groups in total. The highest BCUT2D eigenvalue weighted by Crippen LogP contribution is 2.28. The van der Waals surface area contributed by atoms with Gasteiger partial charge >= 0.3 is 0 Å². The van der Waals surface area contributed by atoms with E-state index in [4.69, 9.17) is 0 Å². The molecule has 1 aliphatic heterocycles. The molecule has 7 heteroatoms. The van der Waals surface area contributed by atoms with Crippen molar-refractivity contribution in [3.05, 3.63) is 82.6 Å². The monoisotopic (exact) mass is 309 g/mol. The molecule has 0 spiro atoms. The summed E-state index contributed by atoms with van der Waals surface area (Å²) >= 11 is 0. The van der Waals surface area contributed by atoms with E-state index in [0.717, 1.165) is 5.01 Å². The van der Waals surface area contributed by atoms with Crippen LogP contribution in [0.2, 0.25) is 0 Å². The fourth-order valence-electron chi connectivity index (χ4n) is 2.40. The number of amides is 2. The maximum atomic E-state index is 12.5. The van der Waals surface area contributed by atoms with E-state index in [0.29, 0.717) is 16.8 Å². The average Bonchev–Trinajstić information content (AvgIpc) is 2.82. The number of hydrogen-bond donors (Lipinski definition) is 0. The number of nitro groups is 1. The number of carbonyl (C=O) groups is 2. The van der Waals surface area contributed by atoms with Crippen LogP contribution in [0.3, 0.4) is 0 Å². The molecule has 0 unspecified atom stereocenters. The number of nitro benzene ring substituents is 1. The molecule has 0 saturated carbocycles. The standard InChI is InChI=1S/C16H11N3O4/c1-2-17(11-7-9-12(10-8-11)19(22)23)18-15(20)13-5-3-4-6-14(13)16(18)21/h2-10H,1H2. The van der Waals surface area contributed by atoms with Gasteiger partial charge in [-0.25, -0.2) is 0 Å². The van der Waals surface area contributed by atoms with Gasteiger partial charge in [0.1, 0.15) is 0 Å². The predicted octanol–water partition coefficient (Wildman–Crippen LogP) is 2.76. The van der Waals surface area contributed by atoms with Gasteiger partial charge in [0.25, 0.3) is 17.5 Å². The van der Waals surface area contributed by atoms with E-state index < -0.39 is 16.7 Å². The largest absolute Gasteiger partial charge is 0.281 e. The summed E-state index contributed by atoms with van der Waals surface area (Å²) in [4.78, 5) is 35.1. The number of benzene rings is 2. The molecule has 0 aromatic heterocycles. The van der Waals surface area contributed by atoms with Gasteiger partial charge in [-0.3, -0.25) is 24.7 Å². The molecule has 0 radical (unpaired) electrons. The van der Waals surface area contributed by atoms with Crippen LogP contribution >= 0.6 is 0 Å². The molecule has 2 aromatic carbocycles. The van der Waals surface area contributed by atoms with E-state index in [1.54, 1.807) is 24.3 Å². The first-order valence-corrected chi connectivity index (χ1v) is 6.68. The van der Waals surface area contributed by atoms with Gasteiger partial charge in [-0.15, -0.1) is 0 Å². The van der Waals surface area contributed by atoms with Crippen LogP contribution in [0.4, 0.5) is 11.4 Å². The Bertz CT molecular complexity index is 794. The van der Waals surface area contributed by atoms with Gasteiger partial charge in [0.2, 0.25) is 0 Å². The normalized spacial score (nSPS) is 13.0. The zero-order valence-corrected chi connectivity index (χ0v) is 11.9. The van der Waals surface area contributed by atoms with Crippen molar-refractivity contribution in [2.45, 2.75) is 0 Å². The molecule has 1 aliphatic rings. The van der Waals surface area contributed by atoms with Gasteiger partial charge in [0.05, 0.1) is 21.7 Å². The molecule has 0 aliphatic carbocycles. The van der Waals surface area contributed by atoms with E-state index >= 15 is 0 Å². The van der Waals surface area contributed by atoms with Gasteiger partial charge in [-0.1, -0.05) is 18.7 Å². The van der Waals surface area contributed by atoms with E-state index in [2.05, 4.69) is 6.58 Å². The van der Waals surface area contributed by atoms with Crippen molar-refractivity contribution in [2.75, 3.05) is 5.01 Å². The summed E-state index contributed by atoms with van der Waals surface area (Å²) in [6.07, 6.45) is 1.31. The third kappa shape index (κ3) is 2.24. The fraction of sp³-hybridized carbons (Fsp3) is 0. The highest BCUT2D eigenvalue weighted by Gasteiger charge is 2.38. The van der Waals surface area contributed by atoms with Crippen LogP contribution in [-0.2, 0) is 0 Å². The summed E-state index contributed by atoms with van der Waals surface area (Å²) in [5, 5.41) is 12.9. The Kier molecular flexibility index (Phi) is 3.38. The van der Waals surface area contributed by atoms with E-state index in [1.165, 1.54) is 35.5 Å². The fourth-order valence-corrected chi connectivity index (χ4v) is 2.40. The smallest absolute Gasteiger partial charge is 0.267 e. The minimum absolute atomic E-state index is 0.0832. The number of rotatable bonds is 4. The molecule has 3 rings (SSSR count). The van der Waals surface area contributed by atoms with Crippen LogP contribution in [0.25, 0.3) is 0 Å². The van der Waals surface area contributed by atoms with Gasteiger partial charge < -0.3 is 0 Å². The van der Waals surface area contributed by atoms with Gasteiger partial charge in [0.15, 0.2) is 0 Å². The third-order valence-corrected chi connectivity index (χ3v) is 3.49. The summed E-state index contributed by atoms with van der Waals surface area (Å²) in [7, 11) is 0. The van der Waals surface area contributed by atoms with E-state index in [1.807, 2.05) is 0 Å². The van der Waals surface area contributed by atoms with Crippen LogP contribution < -0.4 is 5.01 Å². The lowest BCUT2D eigenvalue weighted by atomic mass is 10.1. The minimum atomic E-state index is -0.524. The van der Waals surface area contributed by atoms with E-state index in [-0.39, 0.29) is 5.69 Å². The molecule has 0 atom stereocenters. The Hall–Kier alpha value is -3.48. The molecule has 0 bridgehead atoms. The molecular formula is C16H11N3O4. The van der Waals surface area contributed by atoms with Gasteiger partial charge in [0, 0.05) is 18.3 Å². The van der Waals surface area contributed by atoms with Crippen LogP contribution in [0.1, 0.15) is 20.7 Å². The van der Waals surface area contributed by atoms with Crippen molar-refractivity contribution < 1.29 is 14.5 Å². The van der Waals surface area contributed by atoms with Crippen molar-refractivity contribution >= 4 is 23.2 Å². The summed E-state index contributed by atoms with van der Waals surface area (Å²) in [6.45, 7) is 3.62. The zero-order chi connectivity index (χ0) is 16.6. The number of fused-ring (bicyclic) bond motifs is 1. The Labute approximate surface area is 131 Å². The first-order chi connectivity index (χ1) is 11.0. The predicted molar refractivity (Wildman–Crippen MR) is 82.7 cm³/mol. The van der Waals surface area contributed by atoms with Crippen LogP contribution in [-0.4, -0.2) is 21.7 Å². The first kappa shape index (κ1) is 14.5. The molecule has 2 aromatic rings. The lowest BCUT2D eigenvalue weighted by Gasteiger charge is -2.28. The molecular weight excluding hydrogens is 298 g/mol. The van der Waals surface area contributed by atoms with Gasteiger partial charge in [-0.05, 0) is 24.3 Å². The van der Waals surface area contributed by atoms with Crippen molar-refractivity contribution in [2.24, 2.45) is 0 Å². The van der Waals surface area contributed by atoms with Crippen LogP contribution in [0, 0.1) is 10.1 Å². The van der Waals surface area contributed by atoms with Crippen molar-refractivity contribution in [3.8, 4) is 0 Å². The Morgan fingerprint density at radius 3 is 1.96 bits per heavy atom. The summed E-state index contributed by atoms with van der Waals surface area (Å²) in [5.74, 6) is -0.937. The Morgan fingerprint density at radius 2 is 1.52 bits per heavy atom. The number of anilines is 1. The molecule has 0 saturated heterocycles. The lowest BCUT2D eigenvalue weighted by Crippen LogP contribution is -2.43. The second kappa shape index (κ2) is 5.38. The van der Waals surface area contributed by atoms with E-state index in [9.17, 15) is 19.7 Å². The number of carbonyl (C=O) groups excluding carboxylic acids is 2. The van der Waals surface area contributed by atoms with Crippen molar-refractivity contribution in [3.63, 3.8) is 0 Å². The number of non-ortho nitro benzene ring substituents is 1. The van der Waals surface area contributed by atoms with Crippen LogP contribution in [0.5, 0.6) is 0 Å².